The van der Waals surface area contributed by atoms with Crippen LogP contribution in [0.2, 0.25) is 0 Å². The van der Waals surface area contributed by atoms with Gasteiger partial charge in [0.05, 0.1) is 23.5 Å². The van der Waals surface area contributed by atoms with Crippen molar-refractivity contribution in [3.05, 3.63) is 24.0 Å². The summed E-state index contributed by atoms with van der Waals surface area (Å²) >= 11 is 0. The van der Waals surface area contributed by atoms with Crippen LogP contribution in [0.5, 0.6) is 0 Å². The molecule has 3 nitrogen and oxygen atoms in total. The van der Waals surface area contributed by atoms with Gasteiger partial charge < -0.3 is 5.32 Å². The van der Waals surface area contributed by atoms with Gasteiger partial charge in [0.2, 0.25) is 0 Å². The molecule has 0 aliphatic heterocycles. The molecule has 1 N–H and O–H groups in total. The van der Waals surface area contributed by atoms with Crippen LogP contribution in [0.25, 0.3) is 0 Å². The average molecular weight is 199 g/mol. The topological polar surface area (TPSA) is 48.7 Å². The Balaban J connectivity index is 2.80. The van der Waals surface area contributed by atoms with Crippen molar-refractivity contribution in [3.63, 3.8) is 0 Å². The van der Waals surface area contributed by atoms with Crippen LogP contribution in [0.4, 0.5) is 5.69 Å². The van der Waals surface area contributed by atoms with Crippen molar-refractivity contribution < 1.29 is 0 Å². The predicted molar refractivity (Wildman–Crippen MR) is 60.1 cm³/mol. The van der Waals surface area contributed by atoms with E-state index in [1.807, 2.05) is 0 Å². The fraction of sp³-hybridized carbons (Fsp3) is 0.333. The van der Waals surface area contributed by atoms with E-state index in [1.54, 1.807) is 18.5 Å². The number of terminal acetylenes is 1. The lowest BCUT2D eigenvalue weighted by Crippen LogP contribution is -2.17. The molecule has 1 atom stereocenters. The molecule has 0 radical (unpaired) electrons. The molecule has 15 heavy (non-hydrogen) atoms. The zero-order chi connectivity index (χ0) is 11.1. The SMILES string of the molecule is C#CC(CCC)Nc1cnccc1C#N. The molecule has 1 rings (SSSR count). The largest absolute Gasteiger partial charge is 0.369 e. The van der Waals surface area contributed by atoms with E-state index in [2.05, 4.69) is 29.2 Å². The fourth-order valence-corrected chi connectivity index (χ4v) is 1.28. The van der Waals surface area contributed by atoms with Gasteiger partial charge in [0.15, 0.2) is 0 Å². The zero-order valence-electron chi connectivity index (χ0n) is 8.70. The lowest BCUT2D eigenvalue weighted by Gasteiger charge is -2.13. The van der Waals surface area contributed by atoms with Crippen LogP contribution in [0, 0.1) is 23.7 Å². The molecule has 0 bridgehead atoms. The van der Waals surface area contributed by atoms with E-state index in [4.69, 9.17) is 11.7 Å². The highest BCUT2D eigenvalue weighted by Crippen LogP contribution is 2.14. The first-order valence-electron chi connectivity index (χ1n) is 4.88. The number of rotatable bonds is 4. The summed E-state index contributed by atoms with van der Waals surface area (Å²) < 4.78 is 0. The molecule has 0 saturated heterocycles. The maximum absolute atomic E-state index is 8.86. The maximum Gasteiger partial charge on any atom is 0.101 e. The molecule has 76 valence electrons. The van der Waals surface area contributed by atoms with Gasteiger partial charge in [0, 0.05) is 6.20 Å². The molecule has 1 aromatic rings. The van der Waals surface area contributed by atoms with Crippen LogP contribution in [0.3, 0.4) is 0 Å². The molecule has 3 heteroatoms. The monoisotopic (exact) mass is 199 g/mol. The first-order chi connectivity index (χ1) is 7.31. The number of nitrogens with one attached hydrogen (secondary N) is 1. The minimum atomic E-state index is -0.0358. The second kappa shape index (κ2) is 5.67. The summed E-state index contributed by atoms with van der Waals surface area (Å²) in [5.41, 5.74) is 1.28. The highest BCUT2D eigenvalue weighted by molar-refractivity contribution is 5.56. The van der Waals surface area contributed by atoms with E-state index in [0.29, 0.717) is 11.3 Å². The number of hydrogen-bond donors (Lipinski definition) is 1. The van der Waals surface area contributed by atoms with Crippen LogP contribution >= 0.6 is 0 Å². The minimum absolute atomic E-state index is 0.0358. The number of hydrogen-bond acceptors (Lipinski definition) is 3. The van der Waals surface area contributed by atoms with E-state index in [0.717, 1.165) is 12.8 Å². The van der Waals surface area contributed by atoms with Crippen molar-refractivity contribution in [1.29, 1.82) is 5.26 Å². The Morgan fingerprint density at radius 2 is 2.47 bits per heavy atom. The van der Waals surface area contributed by atoms with E-state index in [1.165, 1.54) is 0 Å². The first-order valence-corrected chi connectivity index (χ1v) is 4.88. The summed E-state index contributed by atoms with van der Waals surface area (Å²) in [4.78, 5) is 3.96. The molecule has 0 aliphatic carbocycles. The molecule has 0 aliphatic rings. The molecule has 1 aromatic heterocycles. The summed E-state index contributed by atoms with van der Waals surface area (Å²) in [6.45, 7) is 2.07. The number of nitrogens with zero attached hydrogens (tertiary/aromatic N) is 2. The van der Waals surface area contributed by atoms with Crippen molar-refractivity contribution in [3.8, 4) is 18.4 Å². The van der Waals surface area contributed by atoms with Gasteiger partial charge in [-0.05, 0) is 12.5 Å². The van der Waals surface area contributed by atoms with Crippen LogP contribution < -0.4 is 5.32 Å². The fourth-order valence-electron chi connectivity index (χ4n) is 1.28. The van der Waals surface area contributed by atoms with Gasteiger partial charge in [-0.25, -0.2) is 0 Å². The number of aromatic nitrogens is 1. The van der Waals surface area contributed by atoms with Crippen LogP contribution in [0.15, 0.2) is 18.5 Å². The number of nitriles is 1. The Hall–Kier alpha value is -2.00. The normalized spacial score (nSPS) is 11.1. The lowest BCUT2D eigenvalue weighted by atomic mass is 10.1. The van der Waals surface area contributed by atoms with Gasteiger partial charge in [0.25, 0.3) is 0 Å². The van der Waals surface area contributed by atoms with Crippen molar-refractivity contribution >= 4 is 5.69 Å². The molecule has 0 spiro atoms. The predicted octanol–water partition coefficient (Wildman–Crippen LogP) is 2.17. The first kappa shape index (κ1) is 11.1. The van der Waals surface area contributed by atoms with Gasteiger partial charge in [-0.3, -0.25) is 4.98 Å². The lowest BCUT2D eigenvalue weighted by molar-refractivity contribution is 0.755. The summed E-state index contributed by atoms with van der Waals surface area (Å²) in [5, 5.41) is 12.0. The molecular formula is C12H13N3. The Labute approximate surface area is 90.1 Å². The second-order valence-electron chi connectivity index (χ2n) is 3.19. The standard InChI is InChI=1S/C12H13N3/c1-3-5-11(4-2)15-12-9-14-7-6-10(12)8-13/h2,6-7,9,11,15H,3,5H2,1H3. The third-order valence-corrected chi connectivity index (χ3v) is 2.05. The summed E-state index contributed by atoms with van der Waals surface area (Å²) in [7, 11) is 0. The van der Waals surface area contributed by atoms with Crippen molar-refractivity contribution in [1.82, 2.24) is 4.98 Å². The maximum atomic E-state index is 8.86. The molecule has 0 amide bonds. The summed E-state index contributed by atoms with van der Waals surface area (Å²) in [6.07, 6.45) is 10.5. The van der Waals surface area contributed by atoms with Gasteiger partial charge in [-0.2, -0.15) is 5.26 Å². The van der Waals surface area contributed by atoms with Gasteiger partial charge >= 0.3 is 0 Å². The van der Waals surface area contributed by atoms with Gasteiger partial charge in [0.1, 0.15) is 6.07 Å². The Morgan fingerprint density at radius 3 is 3.07 bits per heavy atom. The quantitative estimate of drug-likeness (QED) is 0.756. The number of anilines is 1. The van der Waals surface area contributed by atoms with Crippen LogP contribution in [0.1, 0.15) is 25.3 Å². The zero-order valence-corrected chi connectivity index (χ0v) is 8.70. The minimum Gasteiger partial charge on any atom is -0.369 e. The summed E-state index contributed by atoms with van der Waals surface area (Å²) in [6, 6.07) is 3.73. The van der Waals surface area contributed by atoms with E-state index in [-0.39, 0.29) is 6.04 Å². The highest BCUT2D eigenvalue weighted by atomic mass is 14.9. The second-order valence-corrected chi connectivity index (χ2v) is 3.19. The van der Waals surface area contributed by atoms with Crippen LogP contribution in [-0.4, -0.2) is 11.0 Å². The van der Waals surface area contributed by atoms with Gasteiger partial charge in [-0.15, -0.1) is 6.42 Å². The average Bonchev–Trinajstić information content (AvgIpc) is 2.29. The highest BCUT2D eigenvalue weighted by Gasteiger charge is 2.06. The number of pyridine rings is 1. The Morgan fingerprint density at radius 1 is 1.67 bits per heavy atom. The Kier molecular flexibility index (Phi) is 4.19. The summed E-state index contributed by atoms with van der Waals surface area (Å²) in [5.74, 6) is 2.65. The third-order valence-electron chi connectivity index (χ3n) is 2.05. The molecular weight excluding hydrogens is 186 g/mol. The van der Waals surface area contributed by atoms with Crippen LogP contribution in [-0.2, 0) is 0 Å². The molecule has 0 aromatic carbocycles. The molecule has 1 heterocycles. The van der Waals surface area contributed by atoms with E-state index in [9.17, 15) is 0 Å². The third kappa shape index (κ3) is 3.00. The van der Waals surface area contributed by atoms with Gasteiger partial charge in [-0.1, -0.05) is 19.3 Å². The molecule has 0 fully saturated rings. The molecule has 1 unspecified atom stereocenters. The van der Waals surface area contributed by atoms with E-state index >= 15 is 0 Å². The van der Waals surface area contributed by atoms with E-state index < -0.39 is 0 Å². The van der Waals surface area contributed by atoms with Crippen molar-refractivity contribution in [2.45, 2.75) is 25.8 Å². The molecule has 0 saturated carbocycles. The van der Waals surface area contributed by atoms with Crippen molar-refractivity contribution in [2.75, 3.05) is 5.32 Å². The van der Waals surface area contributed by atoms with Crippen molar-refractivity contribution in [2.24, 2.45) is 0 Å². The smallest absolute Gasteiger partial charge is 0.101 e. The Bertz CT molecular complexity index is 398.